The number of halogens is 1. The summed E-state index contributed by atoms with van der Waals surface area (Å²) in [7, 11) is -1.62. The van der Waals surface area contributed by atoms with E-state index < -0.39 is 28.0 Å². The number of methoxy groups -OCH3 is 1. The zero-order valence-electron chi connectivity index (χ0n) is 13.1. The van der Waals surface area contributed by atoms with E-state index in [-0.39, 0.29) is 17.3 Å². The lowest BCUT2D eigenvalue weighted by Crippen LogP contribution is -2.44. The number of anilines is 1. The third-order valence-corrected chi connectivity index (χ3v) is 4.60. The molecule has 23 heavy (non-hydrogen) atoms. The van der Waals surface area contributed by atoms with Gasteiger partial charge in [0.1, 0.15) is 5.82 Å². The molecule has 0 saturated heterocycles. The average molecular weight is 347 g/mol. The van der Waals surface area contributed by atoms with Gasteiger partial charge in [-0.15, -0.1) is 0 Å². The zero-order valence-corrected chi connectivity index (χ0v) is 13.9. The van der Waals surface area contributed by atoms with Crippen molar-refractivity contribution in [3.63, 3.8) is 0 Å². The van der Waals surface area contributed by atoms with Gasteiger partial charge in [0.15, 0.2) is 0 Å². The van der Waals surface area contributed by atoms with E-state index in [4.69, 9.17) is 0 Å². The molecule has 1 aromatic carbocycles. The molecule has 128 valence electrons. The monoisotopic (exact) mass is 347 g/mol. The van der Waals surface area contributed by atoms with Crippen LogP contribution in [0.5, 0.6) is 0 Å². The summed E-state index contributed by atoms with van der Waals surface area (Å²) >= 11 is 0. The van der Waals surface area contributed by atoms with Gasteiger partial charge in [0.05, 0.1) is 12.8 Å². The van der Waals surface area contributed by atoms with Crippen molar-refractivity contribution in [2.75, 3.05) is 19.5 Å². The van der Waals surface area contributed by atoms with Crippen molar-refractivity contribution >= 4 is 27.9 Å². The first-order valence-electron chi connectivity index (χ1n) is 6.53. The number of amides is 2. The van der Waals surface area contributed by atoms with E-state index in [9.17, 15) is 22.4 Å². The molecule has 0 aliphatic carbocycles. The number of hydrogen-bond donors (Lipinski definition) is 2. The summed E-state index contributed by atoms with van der Waals surface area (Å²) in [5, 5.41) is 2.08. The van der Waals surface area contributed by atoms with Gasteiger partial charge in [-0.1, -0.05) is 0 Å². The fourth-order valence-corrected chi connectivity index (χ4v) is 2.50. The number of nitrogens with one attached hydrogen (secondary N) is 2. The highest BCUT2D eigenvalue weighted by atomic mass is 32.2. The maximum absolute atomic E-state index is 13.6. The number of ether oxygens (including phenoxy) is 1. The maximum atomic E-state index is 13.6. The minimum Gasteiger partial charge on any atom is -0.453 e. The van der Waals surface area contributed by atoms with Gasteiger partial charge in [-0.2, -0.15) is 12.7 Å². The van der Waals surface area contributed by atoms with Gasteiger partial charge < -0.3 is 4.74 Å². The molecular formula is C13H18FN3O5S. The lowest BCUT2D eigenvalue weighted by atomic mass is 10.2. The molecule has 0 atom stereocenters. The molecule has 0 unspecified atom stereocenters. The third-order valence-electron chi connectivity index (χ3n) is 2.98. The summed E-state index contributed by atoms with van der Waals surface area (Å²) in [6.45, 7) is 3.28. The van der Waals surface area contributed by atoms with Crippen LogP contribution in [0.15, 0.2) is 18.2 Å². The topological polar surface area (TPSA) is 105 Å². The minimum atomic E-state index is -4.03. The first-order chi connectivity index (χ1) is 10.6. The average Bonchev–Trinajstić information content (AvgIpc) is 2.47. The molecule has 10 heteroatoms. The smallest absolute Gasteiger partial charge is 0.411 e. The highest BCUT2D eigenvalue weighted by molar-refractivity contribution is 7.87. The molecule has 0 radical (unpaired) electrons. The number of carbonyl (C=O) groups excluding carboxylic acids is 2. The van der Waals surface area contributed by atoms with Crippen LogP contribution in [0.4, 0.5) is 14.9 Å². The van der Waals surface area contributed by atoms with Gasteiger partial charge in [-0.05, 0) is 32.0 Å². The molecule has 8 nitrogen and oxygen atoms in total. The van der Waals surface area contributed by atoms with E-state index in [2.05, 4.69) is 10.1 Å². The van der Waals surface area contributed by atoms with Crippen molar-refractivity contribution in [1.29, 1.82) is 0 Å². The Hall–Kier alpha value is -2.20. The predicted octanol–water partition coefficient (Wildman–Crippen LogP) is 1.32. The van der Waals surface area contributed by atoms with E-state index in [1.165, 1.54) is 7.05 Å². The summed E-state index contributed by atoms with van der Waals surface area (Å²) in [4.78, 5) is 23.1. The van der Waals surface area contributed by atoms with Crippen molar-refractivity contribution in [2.24, 2.45) is 0 Å². The van der Waals surface area contributed by atoms with Crippen LogP contribution in [-0.2, 0) is 14.9 Å². The summed E-state index contributed by atoms with van der Waals surface area (Å²) < 4.78 is 44.7. The summed E-state index contributed by atoms with van der Waals surface area (Å²) in [5.74, 6) is -1.75. The number of nitrogens with zero attached hydrogens (tertiary/aromatic N) is 1. The molecule has 1 aromatic rings. The molecule has 0 aliphatic heterocycles. The van der Waals surface area contributed by atoms with Gasteiger partial charge in [0, 0.05) is 18.7 Å². The summed E-state index contributed by atoms with van der Waals surface area (Å²) in [6, 6.07) is 2.67. The number of hydrogen-bond acceptors (Lipinski definition) is 5. The second kappa shape index (κ2) is 7.38. The lowest BCUT2D eigenvalue weighted by Gasteiger charge is -2.21. The molecule has 2 N–H and O–H groups in total. The fourth-order valence-electron chi connectivity index (χ4n) is 1.45. The Morgan fingerprint density at radius 1 is 1.30 bits per heavy atom. The predicted molar refractivity (Wildman–Crippen MR) is 81.7 cm³/mol. The van der Waals surface area contributed by atoms with Crippen LogP contribution < -0.4 is 10.0 Å². The van der Waals surface area contributed by atoms with Crippen molar-refractivity contribution in [3.8, 4) is 0 Å². The highest BCUT2D eigenvalue weighted by Gasteiger charge is 2.24. The van der Waals surface area contributed by atoms with Gasteiger partial charge in [-0.3, -0.25) is 10.1 Å². The standard InChI is InChI=1S/C13H18FN3O5S/c1-8(2)17(3)23(20,21)16-12(18)9-5-6-10(14)11(7-9)15-13(19)22-4/h5-8H,1-4H3,(H,15,19)(H,16,18). The van der Waals surface area contributed by atoms with E-state index in [0.717, 1.165) is 29.6 Å². The SMILES string of the molecule is COC(=O)Nc1cc(C(=O)NS(=O)(=O)N(C)C(C)C)ccc1F. The Morgan fingerprint density at radius 3 is 2.43 bits per heavy atom. The third kappa shape index (κ3) is 4.89. The van der Waals surface area contributed by atoms with Gasteiger partial charge in [-0.25, -0.2) is 13.9 Å². The molecule has 2 amide bonds. The Balaban J connectivity index is 3.01. The van der Waals surface area contributed by atoms with E-state index in [0.29, 0.717) is 0 Å². The van der Waals surface area contributed by atoms with Crippen molar-refractivity contribution in [3.05, 3.63) is 29.6 Å². The lowest BCUT2D eigenvalue weighted by molar-refractivity contribution is 0.0979. The Kier molecular flexibility index (Phi) is 6.05. The Morgan fingerprint density at radius 2 is 1.91 bits per heavy atom. The molecule has 0 bridgehead atoms. The molecular weight excluding hydrogens is 329 g/mol. The molecule has 0 heterocycles. The number of rotatable bonds is 5. The molecule has 0 aliphatic rings. The van der Waals surface area contributed by atoms with Crippen LogP contribution in [0.3, 0.4) is 0 Å². The van der Waals surface area contributed by atoms with E-state index >= 15 is 0 Å². The van der Waals surface area contributed by atoms with Gasteiger partial charge in [0.2, 0.25) is 0 Å². The molecule has 1 rings (SSSR count). The van der Waals surface area contributed by atoms with Crippen molar-refractivity contribution in [1.82, 2.24) is 9.03 Å². The van der Waals surface area contributed by atoms with Gasteiger partial charge in [0.25, 0.3) is 5.91 Å². The number of benzene rings is 1. The molecule has 0 saturated carbocycles. The largest absolute Gasteiger partial charge is 0.453 e. The molecule has 0 fully saturated rings. The number of carbonyl (C=O) groups is 2. The van der Waals surface area contributed by atoms with Crippen molar-refractivity contribution < 1.29 is 27.1 Å². The first kappa shape index (κ1) is 18.8. The molecule has 0 aromatic heterocycles. The minimum absolute atomic E-state index is 0.140. The van der Waals surface area contributed by atoms with Crippen LogP contribution in [0, 0.1) is 5.82 Å². The van der Waals surface area contributed by atoms with Gasteiger partial charge >= 0.3 is 16.3 Å². The summed E-state index contributed by atoms with van der Waals surface area (Å²) in [6.07, 6.45) is -0.923. The quantitative estimate of drug-likeness (QED) is 0.836. The van der Waals surface area contributed by atoms with Crippen LogP contribution in [-0.4, -0.2) is 44.9 Å². The maximum Gasteiger partial charge on any atom is 0.411 e. The van der Waals surface area contributed by atoms with E-state index in [1.807, 2.05) is 4.72 Å². The molecule has 0 spiro atoms. The van der Waals surface area contributed by atoms with Crippen LogP contribution in [0.1, 0.15) is 24.2 Å². The van der Waals surface area contributed by atoms with Crippen LogP contribution in [0.25, 0.3) is 0 Å². The van der Waals surface area contributed by atoms with E-state index in [1.54, 1.807) is 13.8 Å². The fraction of sp³-hybridized carbons (Fsp3) is 0.385. The van der Waals surface area contributed by atoms with Crippen molar-refractivity contribution in [2.45, 2.75) is 19.9 Å². The Labute approximate surface area is 133 Å². The second-order valence-electron chi connectivity index (χ2n) is 4.86. The van der Waals surface area contributed by atoms with Crippen LogP contribution >= 0.6 is 0 Å². The highest BCUT2D eigenvalue weighted by Crippen LogP contribution is 2.17. The first-order valence-corrected chi connectivity index (χ1v) is 7.97. The normalized spacial score (nSPS) is 11.4. The Bertz CT molecular complexity index is 706. The zero-order chi connectivity index (χ0) is 17.8. The van der Waals surface area contributed by atoms with Crippen LogP contribution in [0.2, 0.25) is 0 Å². The second-order valence-corrected chi connectivity index (χ2v) is 6.59. The summed E-state index contributed by atoms with van der Waals surface area (Å²) in [5.41, 5.74) is -0.447.